The van der Waals surface area contributed by atoms with Gasteiger partial charge in [-0.05, 0) is 18.3 Å². The van der Waals surface area contributed by atoms with Gasteiger partial charge in [-0.25, -0.2) is 0 Å². The average Bonchev–Trinajstić information content (AvgIpc) is 2.38. The second-order valence-corrected chi connectivity index (χ2v) is 7.46. The smallest absolute Gasteiger partial charge is 0.303 e. The molecule has 1 amide bonds. The van der Waals surface area contributed by atoms with Crippen molar-refractivity contribution in [3.05, 3.63) is 0 Å². The first-order valence-corrected chi connectivity index (χ1v) is 8.80. The maximum Gasteiger partial charge on any atom is 0.303 e. The molecule has 0 bridgehead atoms. The van der Waals surface area contributed by atoms with E-state index < -0.39 is 16.8 Å². The monoisotopic (exact) mass is 303 g/mol. The predicted octanol–water partition coefficient (Wildman–Crippen LogP) is 1.69. The van der Waals surface area contributed by atoms with E-state index in [4.69, 9.17) is 5.11 Å². The molecule has 0 aromatic rings. The lowest BCUT2D eigenvalue weighted by atomic mass is 9.69. The zero-order valence-corrected chi connectivity index (χ0v) is 13.0. The number of aliphatic carboxylic acids is 1. The van der Waals surface area contributed by atoms with Gasteiger partial charge in [-0.2, -0.15) is 0 Å². The summed E-state index contributed by atoms with van der Waals surface area (Å²) in [4.78, 5) is 23.0. The minimum atomic E-state index is -0.879. The van der Waals surface area contributed by atoms with E-state index in [1.807, 2.05) is 6.92 Å². The van der Waals surface area contributed by atoms with Crippen LogP contribution >= 0.6 is 0 Å². The number of carbonyl (C=O) groups is 2. The topological polar surface area (TPSA) is 83.5 Å². The molecule has 0 aliphatic heterocycles. The third-order valence-corrected chi connectivity index (χ3v) is 5.25. The Balaban J connectivity index is 2.45. The van der Waals surface area contributed by atoms with E-state index in [1.165, 1.54) is 0 Å². The summed E-state index contributed by atoms with van der Waals surface area (Å²) >= 11 is 0. The van der Waals surface area contributed by atoms with Crippen LogP contribution in [0.3, 0.4) is 0 Å². The molecule has 1 fully saturated rings. The van der Waals surface area contributed by atoms with Crippen LogP contribution in [0, 0.1) is 5.41 Å². The van der Waals surface area contributed by atoms with Crippen LogP contribution in [0.1, 0.15) is 51.9 Å². The van der Waals surface area contributed by atoms with Gasteiger partial charge in [-0.1, -0.05) is 26.2 Å². The van der Waals surface area contributed by atoms with Crippen LogP contribution in [0.5, 0.6) is 0 Å². The highest BCUT2D eigenvalue weighted by Crippen LogP contribution is 2.42. The standard InChI is InChI=1S/C14H25NO4S/c1-2-20(19)9-8-15-12(16)10-14(11-13(17)18)6-4-3-5-7-14/h2-11H2,1H3,(H,15,16)(H,17,18). The molecule has 20 heavy (non-hydrogen) atoms. The zero-order valence-electron chi connectivity index (χ0n) is 12.2. The molecule has 116 valence electrons. The summed E-state index contributed by atoms with van der Waals surface area (Å²) in [7, 11) is -0.879. The summed E-state index contributed by atoms with van der Waals surface area (Å²) in [5.41, 5.74) is -0.377. The molecule has 1 aliphatic rings. The van der Waals surface area contributed by atoms with E-state index in [1.54, 1.807) is 0 Å². The van der Waals surface area contributed by atoms with E-state index >= 15 is 0 Å². The van der Waals surface area contributed by atoms with Gasteiger partial charge in [0.1, 0.15) is 0 Å². The normalized spacial score (nSPS) is 19.2. The SMILES string of the molecule is CCS(=O)CCNC(=O)CC1(CC(=O)O)CCCCC1. The minimum absolute atomic E-state index is 0.0707. The average molecular weight is 303 g/mol. The van der Waals surface area contributed by atoms with E-state index in [0.717, 1.165) is 32.1 Å². The second-order valence-electron chi connectivity index (χ2n) is 5.59. The molecule has 1 unspecified atom stereocenters. The second kappa shape index (κ2) is 8.39. The molecule has 1 atom stereocenters. The third kappa shape index (κ3) is 6.03. The number of hydrogen-bond donors (Lipinski definition) is 2. The van der Waals surface area contributed by atoms with Crippen LogP contribution in [0.25, 0.3) is 0 Å². The van der Waals surface area contributed by atoms with E-state index in [-0.39, 0.29) is 24.2 Å². The Morgan fingerprint density at radius 3 is 2.40 bits per heavy atom. The number of carboxylic acids is 1. The van der Waals surface area contributed by atoms with E-state index in [9.17, 15) is 13.8 Å². The molecule has 0 aromatic heterocycles. The van der Waals surface area contributed by atoms with Gasteiger partial charge < -0.3 is 10.4 Å². The van der Waals surface area contributed by atoms with Crippen LogP contribution in [-0.2, 0) is 20.4 Å². The van der Waals surface area contributed by atoms with Crippen molar-refractivity contribution in [2.45, 2.75) is 51.9 Å². The Labute approximate surface area is 123 Å². The summed E-state index contributed by atoms with van der Waals surface area (Å²) < 4.78 is 11.3. The van der Waals surface area contributed by atoms with Gasteiger partial charge in [0.2, 0.25) is 5.91 Å². The lowest BCUT2D eigenvalue weighted by Crippen LogP contribution is -2.36. The Bertz CT molecular complexity index is 364. The van der Waals surface area contributed by atoms with Gasteiger partial charge in [0.15, 0.2) is 0 Å². The van der Waals surface area contributed by atoms with Crippen molar-refractivity contribution in [1.82, 2.24) is 5.32 Å². The van der Waals surface area contributed by atoms with Crippen molar-refractivity contribution < 1.29 is 18.9 Å². The van der Waals surface area contributed by atoms with Crippen LogP contribution < -0.4 is 5.32 Å². The van der Waals surface area contributed by atoms with Crippen molar-refractivity contribution in [2.75, 3.05) is 18.1 Å². The number of nitrogens with one attached hydrogen (secondary N) is 1. The summed E-state index contributed by atoms with van der Waals surface area (Å²) in [5.74, 6) is 0.125. The highest BCUT2D eigenvalue weighted by molar-refractivity contribution is 7.84. The largest absolute Gasteiger partial charge is 0.481 e. The maximum atomic E-state index is 12.0. The Morgan fingerprint density at radius 1 is 1.20 bits per heavy atom. The molecule has 1 rings (SSSR count). The quantitative estimate of drug-likeness (QED) is 0.714. The molecular weight excluding hydrogens is 278 g/mol. The lowest BCUT2D eigenvalue weighted by molar-refractivity contribution is -0.141. The van der Waals surface area contributed by atoms with Gasteiger partial charge in [-0.3, -0.25) is 13.8 Å². The van der Waals surface area contributed by atoms with Crippen molar-refractivity contribution in [1.29, 1.82) is 0 Å². The van der Waals surface area contributed by atoms with Gasteiger partial charge in [-0.15, -0.1) is 0 Å². The van der Waals surface area contributed by atoms with Crippen molar-refractivity contribution >= 4 is 22.7 Å². The fourth-order valence-corrected chi connectivity index (χ4v) is 3.51. The van der Waals surface area contributed by atoms with Crippen molar-refractivity contribution in [2.24, 2.45) is 5.41 Å². The number of carboxylic acid groups (broad SMARTS) is 1. The van der Waals surface area contributed by atoms with Gasteiger partial charge in [0, 0.05) is 35.3 Å². The van der Waals surface area contributed by atoms with Gasteiger partial charge >= 0.3 is 5.97 Å². The molecule has 0 heterocycles. The highest BCUT2D eigenvalue weighted by Gasteiger charge is 2.36. The maximum absolute atomic E-state index is 12.0. The molecule has 2 N–H and O–H groups in total. The van der Waals surface area contributed by atoms with E-state index in [2.05, 4.69) is 5.32 Å². The molecule has 0 radical (unpaired) electrons. The zero-order chi connectivity index (χ0) is 15.0. The fraction of sp³-hybridized carbons (Fsp3) is 0.857. The molecular formula is C14H25NO4S. The Morgan fingerprint density at radius 2 is 1.85 bits per heavy atom. The molecule has 5 nitrogen and oxygen atoms in total. The first-order chi connectivity index (χ1) is 9.47. The molecule has 1 saturated carbocycles. The lowest BCUT2D eigenvalue weighted by Gasteiger charge is -2.35. The summed E-state index contributed by atoms with van der Waals surface area (Å²) in [6.07, 6.45) is 5.10. The number of amides is 1. The van der Waals surface area contributed by atoms with Gasteiger partial charge in [0.05, 0.1) is 6.42 Å². The Hall–Kier alpha value is -0.910. The number of hydrogen-bond acceptors (Lipinski definition) is 3. The summed E-state index contributed by atoms with van der Waals surface area (Å²) in [6, 6.07) is 0. The first-order valence-electron chi connectivity index (χ1n) is 7.31. The number of carbonyl (C=O) groups excluding carboxylic acids is 1. The van der Waals surface area contributed by atoms with E-state index in [0.29, 0.717) is 18.1 Å². The third-order valence-electron chi connectivity index (χ3n) is 3.95. The highest BCUT2D eigenvalue weighted by atomic mass is 32.2. The molecule has 1 aliphatic carbocycles. The summed E-state index contributed by atoms with van der Waals surface area (Å²) in [5, 5.41) is 11.8. The Kier molecular flexibility index (Phi) is 7.19. The van der Waals surface area contributed by atoms with Crippen molar-refractivity contribution in [3.63, 3.8) is 0 Å². The first kappa shape index (κ1) is 17.1. The fourth-order valence-electron chi connectivity index (χ4n) is 2.89. The van der Waals surface area contributed by atoms with Crippen LogP contribution in [0.2, 0.25) is 0 Å². The predicted molar refractivity (Wildman–Crippen MR) is 78.9 cm³/mol. The molecule has 0 spiro atoms. The van der Waals surface area contributed by atoms with Crippen molar-refractivity contribution in [3.8, 4) is 0 Å². The van der Waals surface area contributed by atoms with Crippen LogP contribution in [0.15, 0.2) is 0 Å². The molecule has 0 aromatic carbocycles. The molecule has 6 heteroatoms. The summed E-state index contributed by atoms with van der Waals surface area (Å²) in [6.45, 7) is 2.25. The molecule has 0 saturated heterocycles. The number of rotatable bonds is 8. The van der Waals surface area contributed by atoms with Crippen LogP contribution in [0.4, 0.5) is 0 Å². The minimum Gasteiger partial charge on any atom is -0.481 e. The van der Waals surface area contributed by atoms with Gasteiger partial charge in [0.25, 0.3) is 0 Å². The van der Waals surface area contributed by atoms with Crippen LogP contribution in [-0.4, -0.2) is 39.2 Å².